The fourth-order valence-electron chi connectivity index (χ4n) is 5.80. The minimum Gasteiger partial charge on any atom is -0.469 e. The highest BCUT2D eigenvalue weighted by Gasteiger charge is 2.49. The van der Waals surface area contributed by atoms with Crippen molar-refractivity contribution in [2.45, 2.75) is 37.8 Å². The zero-order chi connectivity index (χ0) is 17.8. The number of nitrogens with one attached hydrogen (secondary N) is 1. The molecule has 2 N–H and O–H groups in total. The van der Waals surface area contributed by atoms with Gasteiger partial charge in [0.1, 0.15) is 0 Å². The predicted molar refractivity (Wildman–Crippen MR) is 98.7 cm³/mol. The molecule has 1 aromatic carbocycles. The number of aromatic nitrogens is 1. The molecule has 0 radical (unpaired) electrons. The molecule has 3 heterocycles. The van der Waals surface area contributed by atoms with Crippen molar-refractivity contribution in [2.24, 2.45) is 17.8 Å². The third kappa shape index (κ3) is 2.33. The predicted octanol–water partition coefficient (Wildman–Crippen LogP) is 2.65. The van der Waals surface area contributed by atoms with Gasteiger partial charge in [0, 0.05) is 29.7 Å². The highest BCUT2D eigenvalue weighted by Crippen LogP contribution is 2.49. The Hall–Kier alpha value is -1.85. The second-order valence-electron chi connectivity index (χ2n) is 8.18. The summed E-state index contributed by atoms with van der Waals surface area (Å²) in [7, 11) is 1.43. The summed E-state index contributed by atoms with van der Waals surface area (Å²) in [6, 6.07) is 8.83. The number of esters is 1. The molecule has 1 saturated carbocycles. The Bertz CT molecular complexity index is 845. The van der Waals surface area contributed by atoms with Gasteiger partial charge in [-0.1, -0.05) is 18.2 Å². The highest BCUT2D eigenvalue weighted by molar-refractivity contribution is 5.85. The van der Waals surface area contributed by atoms with Crippen LogP contribution in [0.5, 0.6) is 0 Å². The summed E-state index contributed by atoms with van der Waals surface area (Å²) in [5, 5.41) is 11.8. The van der Waals surface area contributed by atoms with Crippen LogP contribution in [0.4, 0.5) is 0 Å². The van der Waals surface area contributed by atoms with Gasteiger partial charge in [0.05, 0.1) is 25.2 Å². The fraction of sp³-hybridized carbons (Fsp3) is 0.571. The first kappa shape index (κ1) is 16.3. The average Bonchev–Trinajstić information content (AvgIpc) is 3.05. The summed E-state index contributed by atoms with van der Waals surface area (Å²) in [5.74, 6) is 0.0541. The lowest BCUT2D eigenvalue weighted by molar-refractivity contribution is -0.160. The molecule has 1 saturated heterocycles. The number of aromatic amines is 1. The van der Waals surface area contributed by atoms with Gasteiger partial charge in [-0.15, -0.1) is 0 Å². The lowest BCUT2D eigenvalue weighted by atomic mass is 9.65. The number of ether oxygens (including phenoxy) is 1. The normalized spacial score (nSPS) is 34.0. The van der Waals surface area contributed by atoms with E-state index in [2.05, 4.69) is 34.1 Å². The molecule has 5 rings (SSSR count). The molecule has 0 bridgehead atoms. The number of hydrogen-bond acceptors (Lipinski definition) is 4. The number of nitrogens with zero attached hydrogens (tertiary/aromatic N) is 1. The van der Waals surface area contributed by atoms with Gasteiger partial charge in [0.15, 0.2) is 0 Å². The number of carbonyl (C=O) groups is 1. The molecule has 26 heavy (non-hydrogen) atoms. The van der Waals surface area contributed by atoms with Crippen LogP contribution in [0.3, 0.4) is 0 Å². The molecule has 1 aliphatic carbocycles. The largest absolute Gasteiger partial charge is 0.469 e. The molecule has 2 aliphatic heterocycles. The second-order valence-corrected chi connectivity index (χ2v) is 8.18. The quantitative estimate of drug-likeness (QED) is 0.773. The van der Waals surface area contributed by atoms with Crippen molar-refractivity contribution in [1.82, 2.24) is 9.88 Å². The van der Waals surface area contributed by atoms with E-state index in [1.165, 1.54) is 29.3 Å². The van der Waals surface area contributed by atoms with E-state index in [1.807, 2.05) is 0 Å². The van der Waals surface area contributed by atoms with Crippen molar-refractivity contribution in [3.8, 4) is 0 Å². The van der Waals surface area contributed by atoms with Crippen LogP contribution < -0.4 is 0 Å². The Labute approximate surface area is 153 Å². The number of para-hydroxylation sites is 1. The Morgan fingerprint density at radius 2 is 2.15 bits per heavy atom. The number of piperidine rings is 1. The van der Waals surface area contributed by atoms with E-state index < -0.39 is 6.10 Å². The average molecular weight is 354 g/mol. The Kier molecular flexibility index (Phi) is 3.83. The standard InChI is InChI=1S/C21H26N2O3/c1-26-21(25)19-15-10-17-20-14(13-4-2-3-5-16(13)22-20)8-9-23(17)11-12(15)6-7-18(19)24/h2-5,12,15,17-19,22,24H,6-11H2,1H3/t12-,15+,17-,18+,19+/m1/s1. The Morgan fingerprint density at radius 3 is 3.00 bits per heavy atom. The minimum absolute atomic E-state index is 0.199. The highest BCUT2D eigenvalue weighted by atomic mass is 16.5. The lowest BCUT2D eigenvalue weighted by Gasteiger charge is -2.50. The van der Waals surface area contributed by atoms with Crippen LogP contribution in [0, 0.1) is 17.8 Å². The van der Waals surface area contributed by atoms with Gasteiger partial charge in [-0.2, -0.15) is 0 Å². The van der Waals surface area contributed by atoms with E-state index in [1.54, 1.807) is 0 Å². The number of H-pyrrole nitrogens is 1. The van der Waals surface area contributed by atoms with Crippen molar-refractivity contribution >= 4 is 16.9 Å². The summed E-state index contributed by atoms with van der Waals surface area (Å²) in [6.07, 6.45) is 3.14. The number of methoxy groups -OCH3 is 1. The first-order valence-corrected chi connectivity index (χ1v) is 9.76. The van der Waals surface area contributed by atoms with Gasteiger partial charge in [0.2, 0.25) is 0 Å². The van der Waals surface area contributed by atoms with Gasteiger partial charge < -0.3 is 14.8 Å². The van der Waals surface area contributed by atoms with Gasteiger partial charge in [0.25, 0.3) is 0 Å². The van der Waals surface area contributed by atoms with Gasteiger partial charge >= 0.3 is 5.97 Å². The van der Waals surface area contributed by atoms with Gasteiger partial charge in [-0.05, 0) is 49.1 Å². The summed E-state index contributed by atoms with van der Waals surface area (Å²) >= 11 is 0. The van der Waals surface area contributed by atoms with E-state index >= 15 is 0 Å². The molecule has 0 unspecified atom stereocenters. The summed E-state index contributed by atoms with van der Waals surface area (Å²) in [4.78, 5) is 18.6. The monoisotopic (exact) mass is 354 g/mol. The summed E-state index contributed by atoms with van der Waals surface area (Å²) in [5.41, 5.74) is 3.96. The molecule has 5 heteroatoms. The fourth-order valence-corrected chi connectivity index (χ4v) is 5.80. The van der Waals surface area contributed by atoms with E-state index in [4.69, 9.17) is 4.74 Å². The first-order valence-electron chi connectivity index (χ1n) is 9.76. The molecule has 138 valence electrons. The molecule has 3 aliphatic rings. The van der Waals surface area contributed by atoms with E-state index in [9.17, 15) is 9.90 Å². The topological polar surface area (TPSA) is 65.6 Å². The van der Waals surface area contributed by atoms with Crippen LogP contribution in [-0.4, -0.2) is 47.3 Å². The third-order valence-corrected chi connectivity index (χ3v) is 7.02. The number of aliphatic hydroxyl groups is 1. The molecular formula is C21H26N2O3. The van der Waals surface area contributed by atoms with Crippen molar-refractivity contribution in [2.75, 3.05) is 20.2 Å². The van der Waals surface area contributed by atoms with Crippen molar-refractivity contribution in [1.29, 1.82) is 0 Å². The van der Waals surface area contributed by atoms with Crippen LogP contribution >= 0.6 is 0 Å². The van der Waals surface area contributed by atoms with Crippen molar-refractivity contribution in [3.63, 3.8) is 0 Å². The molecule has 5 nitrogen and oxygen atoms in total. The minimum atomic E-state index is -0.568. The van der Waals surface area contributed by atoms with E-state index in [0.717, 1.165) is 32.4 Å². The smallest absolute Gasteiger partial charge is 0.311 e. The van der Waals surface area contributed by atoms with E-state index in [-0.39, 0.29) is 17.8 Å². The lowest BCUT2D eigenvalue weighted by Crippen LogP contribution is -2.53. The molecule has 0 spiro atoms. The molecule has 2 aromatic rings. The Morgan fingerprint density at radius 1 is 1.31 bits per heavy atom. The maximum atomic E-state index is 12.4. The molecule has 5 atom stereocenters. The summed E-state index contributed by atoms with van der Waals surface area (Å²) < 4.78 is 5.04. The molecule has 1 aromatic heterocycles. The Balaban J connectivity index is 1.52. The van der Waals surface area contributed by atoms with Crippen LogP contribution in [0.1, 0.15) is 36.6 Å². The first-order chi connectivity index (χ1) is 12.7. The molecular weight excluding hydrogens is 328 g/mol. The number of carbonyl (C=O) groups excluding carboxylic acids is 1. The summed E-state index contributed by atoms with van der Waals surface area (Å²) in [6.45, 7) is 2.10. The van der Waals surface area contributed by atoms with E-state index in [0.29, 0.717) is 18.4 Å². The maximum Gasteiger partial charge on any atom is 0.311 e. The van der Waals surface area contributed by atoms with Crippen LogP contribution in [0.25, 0.3) is 10.9 Å². The number of hydrogen-bond donors (Lipinski definition) is 2. The van der Waals surface area contributed by atoms with Crippen LogP contribution in [0.2, 0.25) is 0 Å². The SMILES string of the molecule is COC(=O)[C@H]1[C@H]2C[C@@H]3c4[nH]c5ccccc5c4CCN3C[C@H]2CC[C@@H]1O. The zero-order valence-corrected chi connectivity index (χ0v) is 15.1. The number of rotatable bonds is 1. The van der Waals surface area contributed by atoms with Crippen molar-refractivity contribution in [3.05, 3.63) is 35.5 Å². The second kappa shape index (κ2) is 6.10. The molecule has 0 amide bonds. The van der Waals surface area contributed by atoms with Gasteiger partial charge in [-0.25, -0.2) is 0 Å². The number of benzene rings is 1. The number of fused-ring (bicyclic) bond motifs is 6. The van der Waals surface area contributed by atoms with Gasteiger partial charge in [-0.3, -0.25) is 9.69 Å². The zero-order valence-electron chi connectivity index (χ0n) is 15.1. The van der Waals surface area contributed by atoms with Crippen LogP contribution in [-0.2, 0) is 16.0 Å². The molecule has 2 fully saturated rings. The third-order valence-electron chi connectivity index (χ3n) is 7.02. The van der Waals surface area contributed by atoms with Crippen LogP contribution in [0.15, 0.2) is 24.3 Å². The number of aliphatic hydroxyl groups excluding tert-OH is 1. The maximum absolute atomic E-state index is 12.4. The van der Waals surface area contributed by atoms with Crippen molar-refractivity contribution < 1.29 is 14.6 Å².